The van der Waals surface area contributed by atoms with Crippen molar-refractivity contribution in [3.63, 3.8) is 0 Å². The van der Waals surface area contributed by atoms with E-state index in [0.29, 0.717) is 34.8 Å². The minimum absolute atomic E-state index is 0.0394. The first-order valence-electron chi connectivity index (χ1n) is 11.7. The Labute approximate surface area is 207 Å². The second-order valence-electron chi connectivity index (χ2n) is 9.20. The number of ether oxygens (including phenoxy) is 2. The number of fused-ring (bicyclic) bond motifs is 1. The van der Waals surface area contributed by atoms with Gasteiger partial charge in [0.2, 0.25) is 0 Å². The van der Waals surface area contributed by atoms with E-state index in [0.717, 1.165) is 37.3 Å². The summed E-state index contributed by atoms with van der Waals surface area (Å²) >= 11 is 0. The normalized spacial score (nSPS) is 17.9. The van der Waals surface area contributed by atoms with Gasteiger partial charge < -0.3 is 19.7 Å². The van der Waals surface area contributed by atoms with Crippen LogP contribution < -0.4 is 9.47 Å². The summed E-state index contributed by atoms with van der Waals surface area (Å²) < 4.78 is 53.2. The Hall–Kier alpha value is -3.65. The van der Waals surface area contributed by atoms with E-state index in [1.165, 1.54) is 6.07 Å². The van der Waals surface area contributed by atoms with Crippen LogP contribution in [0.1, 0.15) is 29.7 Å². The maximum Gasteiger partial charge on any atom is 0.187 e. The lowest BCUT2D eigenvalue weighted by Gasteiger charge is -2.37. The Morgan fingerprint density at radius 1 is 1.00 bits per heavy atom. The molecular formula is C28H26F3NO4. The van der Waals surface area contributed by atoms with Gasteiger partial charge in [-0.05, 0) is 66.1 Å². The topological polar surface area (TPSA) is 62.2 Å². The van der Waals surface area contributed by atoms with E-state index < -0.39 is 23.5 Å². The predicted octanol–water partition coefficient (Wildman–Crippen LogP) is 5.72. The summed E-state index contributed by atoms with van der Waals surface area (Å²) in [5, 5.41) is 19.6. The summed E-state index contributed by atoms with van der Waals surface area (Å²) in [6, 6.07) is 14.1. The highest BCUT2D eigenvalue weighted by Gasteiger charge is 2.31. The number of alkyl halides is 1. The van der Waals surface area contributed by atoms with Gasteiger partial charge in [0.15, 0.2) is 17.4 Å². The van der Waals surface area contributed by atoms with Crippen LogP contribution in [0.3, 0.4) is 0 Å². The summed E-state index contributed by atoms with van der Waals surface area (Å²) in [7, 11) is 0. The molecule has 0 aromatic heterocycles. The van der Waals surface area contributed by atoms with Gasteiger partial charge in [-0.1, -0.05) is 12.1 Å². The molecule has 2 heterocycles. The maximum absolute atomic E-state index is 14.3. The third-order valence-electron chi connectivity index (χ3n) is 6.72. The lowest BCUT2D eigenvalue weighted by atomic mass is 9.86. The quantitative estimate of drug-likeness (QED) is 0.437. The maximum atomic E-state index is 14.3. The van der Waals surface area contributed by atoms with Gasteiger partial charge in [-0.15, -0.1) is 0 Å². The molecule has 3 aromatic rings. The lowest BCUT2D eigenvalue weighted by Crippen LogP contribution is -2.49. The van der Waals surface area contributed by atoms with Crippen molar-refractivity contribution in [1.82, 2.24) is 4.90 Å². The van der Waals surface area contributed by atoms with Gasteiger partial charge in [0.1, 0.15) is 30.0 Å². The second kappa shape index (κ2) is 9.78. The molecule has 36 heavy (non-hydrogen) atoms. The van der Waals surface area contributed by atoms with E-state index >= 15 is 0 Å². The molecule has 0 saturated carbocycles. The van der Waals surface area contributed by atoms with Crippen molar-refractivity contribution in [1.29, 1.82) is 0 Å². The molecule has 1 unspecified atom stereocenters. The Morgan fingerprint density at radius 3 is 2.36 bits per heavy atom. The Morgan fingerprint density at radius 2 is 1.69 bits per heavy atom. The van der Waals surface area contributed by atoms with Crippen LogP contribution in [-0.2, 0) is 0 Å². The first kappa shape index (κ1) is 24.1. The molecule has 0 spiro atoms. The zero-order valence-corrected chi connectivity index (χ0v) is 19.7. The molecule has 8 heteroatoms. The minimum atomic E-state index is -1.07. The number of hydrogen-bond donors (Lipinski definition) is 2. The second-order valence-corrected chi connectivity index (χ2v) is 9.20. The van der Waals surface area contributed by atoms with Crippen molar-refractivity contribution in [2.24, 2.45) is 5.92 Å². The number of phenolic OH excluding ortho intramolecular Hbond substituents is 2. The van der Waals surface area contributed by atoms with E-state index in [1.807, 2.05) is 12.1 Å². The van der Waals surface area contributed by atoms with Gasteiger partial charge in [0, 0.05) is 36.7 Å². The number of nitrogens with zero attached hydrogens (tertiary/aromatic N) is 1. The molecule has 1 saturated heterocycles. The molecule has 188 valence electrons. The molecule has 2 N–H and O–H groups in total. The number of hydrogen-bond acceptors (Lipinski definition) is 5. The van der Waals surface area contributed by atoms with Crippen molar-refractivity contribution in [3.05, 3.63) is 82.9 Å². The van der Waals surface area contributed by atoms with Crippen LogP contribution in [0.5, 0.6) is 23.0 Å². The van der Waals surface area contributed by atoms with E-state index in [4.69, 9.17) is 9.47 Å². The predicted molar refractivity (Wildman–Crippen MR) is 130 cm³/mol. The number of rotatable bonds is 7. The van der Waals surface area contributed by atoms with Crippen molar-refractivity contribution >= 4 is 11.1 Å². The first-order chi connectivity index (χ1) is 17.3. The Kier molecular flexibility index (Phi) is 6.53. The van der Waals surface area contributed by atoms with Crippen LogP contribution in [0.4, 0.5) is 13.2 Å². The molecule has 5 nitrogen and oxygen atoms in total. The number of likely N-dealkylation sites (tertiary alicyclic amines) is 1. The number of phenols is 2. The number of halogens is 3. The SMILES string of the molecule is CC1=C(c2cc(F)c(O)c(F)c2)C(c2ccc(OCCN3CC(CF)C3)cc2)Oc2ccc(O)cc21. The number of benzene rings is 3. The van der Waals surface area contributed by atoms with Gasteiger partial charge >= 0.3 is 0 Å². The van der Waals surface area contributed by atoms with Crippen LogP contribution >= 0.6 is 0 Å². The summed E-state index contributed by atoms with van der Waals surface area (Å²) in [6.45, 7) is 4.22. The van der Waals surface area contributed by atoms with Gasteiger partial charge in [-0.2, -0.15) is 0 Å². The zero-order valence-electron chi connectivity index (χ0n) is 19.7. The lowest BCUT2D eigenvalue weighted by molar-refractivity contribution is 0.0668. The highest BCUT2D eigenvalue weighted by atomic mass is 19.1. The summed E-state index contributed by atoms with van der Waals surface area (Å²) in [5.41, 5.74) is 2.76. The summed E-state index contributed by atoms with van der Waals surface area (Å²) in [4.78, 5) is 2.14. The van der Waals surface area contributed by atoms with Gasteiger partial charge in [0.25, 0.3) is 0 Å². The van der Waals surface area contributed by atoms with Crippen LogP contribution in [0.25, 0.3) is 11.1 Å². The number of aromatic hydroxyl groups is 2. The van der Waals surface area contributed by atoms with E-state index in [-0.39, 0.29) is 23.9 Å². The molecule has 0 aliphatic carbocycles. The molecule has 0 bridgehead atoms. The largest absolute Gasteiger partial charge is 0.508 e. The van der Waals surface area contributed by atoms with Crippen LogP contribution in [0.2, 0.25) is 0 Å². The number of allylic oxidation sites excluding steroid dienone is 1. The Bertz CT molecular complexity index is 1280. The summed E-state index contributed by atoms with van der Waals surface area (Å²) in [6.07, 6.45) is -0.696. The minimum Gasteiger partial charge on any atom is -0.508 e. The average Bonchev–Trinajstić information content (AvgIpc) is 2.84. The van der Waals surface area contributed by atoms with E-state index in [9.17, 15) is 23.4 Å². The smallest absolute Gasteiger partial charge is 0.187 e. The van der Waals surface area contributed by atoms with Gasteiger partial charge in [-0.25, -0.2) is 8.78 Å². The van der Waals surface area contributed by atoms with Crippen LogP contribution in [0, 0.1) is 17.6 Å². The molecule has 0 amide bonds. The van der Waals surface area contributed by atoms with Crippen LogP contribution in [0.15, 0.2) is 54.6 Å². The summed E-state index contributed by atoms with van der Waals surface area (Å²) in [5.74, 6) is -1.83. The molecule has 2 aliphatic heterocycles. The van der Waals surface area contributed by atoms with E-state index in [1.54, 1.807) is 31.2 Å². The van der Waals surface area contributed by atoms with Gasteiger partial charge in [0.05, 0.1) is 6.67 Å². The first-order valence-corrected chi connectivity index (χ1v) is 11.7. The van der Waals surface area contributed by atoms with E-state index in [2.05, 4.69) is 4.90 Å². The van der Waals surface area contributed by atoms with Crippen LogP contribution in [-0.4, -0.2) is 48.0 Å². The van der Waals surface area contributed by atoms with Gasteiger partial charge in [-0.3, -0.25) is 9.29 Å². The Balaban J connectivity index is 1.42. The fourth-order valence-corrected chi connectivity index (χ4v) is 4.75. The van der Waals surface area contributed by atoms with Crippen molar-refractivity contribution in [2.75, 3.05) is 32.9 Å². The third kappa shape index (κ3) is 4.60. The highest BCUT2D eigenvalue weighted by molar-refractivity contribution is 5.95. The van der Waals surface area contributed by atoms with Crippen molar-refractivity contribution < 1.29 is 32.9 Å². The molecule has 5 rings (SSSR count). The molecule has 0 radical (unpaired) electrons. The monoisotopic (exact) mass is 497 g/mol. The van der Waals surface area contributed by atoms with Crippen molar-refractivity contribution in [2.45, 2.75) is 13.0 Å². The third-order valence-corrected chi connectivity index (χ3v) is 6.72. The fraction of sp³-hybridized carbons (Fsp3) is 0.286. The van der Waals surface area contributed by atoms with Crippen molar-refractivity contribution in [3.8, 4) is 23.0 Å². The molecule has 2 aliphatic rings. The molecule has 1 fully saturated rings. The molecule has 3 aromatic carbocycles. The zero-order chi connectivity index (χ0) is 25.4. The fourth-order valence-electron chi connectivity index (χ4n) is 4.75. The standard InChI is InChI=1S/C28H26F3NO4/c1-16-22-12-20(33)4-7-25(22)36-28(26(16)19-10-23(30)27(34)24(31)11-19)18-2-5-21(6-3-18)35-9-8-32-14-17(13-29)15-32/h2-7,10-12,17,28,33-34H,8-9,13-15H2,1H3. The average molecular weight is 498 g/mol. The molecular weight excluding hydrogens is 471 g/mol. The highest BCUT2D eigenvalue weighted by Crippen LogP contribution is 2.48. The molecule has 1 atom stereocenters.